The fraction of sp³-hybridized carbons (Fsp3) is 0.429. The van der Waals surface area contributed by atoms with Gasteiger partial charge >= 0.3 is 6.09 Å². The zero-order valence-corrected chi connectivity index (χ0v) is 10.7. The SMILES string of the molecule is C=Cc1cncc(N2C[C@H]3CCN(C(=O)O)[C@H]3C2)c1. The van der Waals surface area contributed by atoms with Crippen LogP contribution >= 0.6 is 0 Å². The van der Waals surface area contributed by atoms with E-state index in [1.165, 1.54) is 0 Å². The zero-order valence-electron chi connectivity index (χ0n) is 10.7. The first-order valence-electron chi connectivity index (χ1n) is 6.51. The molecule has 2 aliphatic heterocycles. The molecular weight excluding hydrogens is 242 g/mol. The van der Waals surface area contributed by atoms with E-state index in [-0.39, 0.29) is 6.04 Å². The van der Waals surface area contributed by atoms with E-state index >= 15 is 0 Å². The van der Waals surface area contributed by atoms with Gasteiger partial charge in [-0.3, -0.25) is 4.98 Å². The van der Waals surface area contributed by atoms with Crippen LogP contribution in [0.25, 0.3) is 6.08 Å². The monoisotopic (exact) mass is 259 g/mol. The summed E-state index contributed by atoms with van der Waals surface area (Å²) in [6.45, 7) is 6.09. The molecule has 0 radical (unpaired) electrons. The maximum Gasteiger partial charge on any atom is 0.407 e. The van der Waals surface area contributed by atoms with Crippen LogP contribution in [0, 0.1) is 5.92 Å². The van der Waals surface area contributed by atoms with Crippen molar-refractivity contribution in [1.82, 2.24) is 9.88 Å². The van der Waals surface area contributed by atoms with Gasteiger partial charge in [-0.2, -0.15) is 0 Å². The molecule has 5 nitrogen and oxygen atoms in total. The van der Waals surface area contributed by atoms with Crippen LogP contribution in [-0.4, -0.2) is 46.8 Å². The highest BCUT2D eigenvalue weighted by molar-refractivity contribution is 5.66. The Kier molecular flexibility index (Phi) is 2.89. The minimum atomic E-state index is -0.799. The van der Waals surface area contributed by atoms with Gasteiger partial charge in [0.05, 0.1) is 17.9 Å². The summed E-state index contributed by atoms with van der Waals surface area (Å²) in [6, 6.07) is 2.18. The Morgan fingerprint density at radius 2 is 2.32 bits per heavy atom. The second-order valence-corrected chi connectivity index (χ2v) is 5.18. The first-order valence-corrected chi connectivity index (χ1v) is 6.51. The fourth-order valence-corrected chi connectivity index (χ4v) is 3.14. The molecule has 19 heavy (non-hydrogen) atoms. The number of carbonyl (C=O) groups is 1. The molecule has 0 spiro atoms. The van der Waals surface area contributed by atoms with E-state index < -0.39 is 6.09 Å². The van der Waals surface area contributed by atoms with Crippen molar-refractivity contribution in [3.8, 4) is 0 Å². The first-order chi connectivity index (χ1) is 9.19. The summed E-state index contributed by atoms with van der Waals surface area (Å²) in [5.74, 6) is 0.448. The lowest BCUT2D eigenvalue weighted by atomic mass is 10.1. The smallest absolute Gasteiger partial charge is 0.407 e. The molecule has 1 N–H and O–H groups in total. The lowest BCUT2D eigenvalue weighted by Gasteiger charge is -2.23. The highest BCUT2D eigenvalue weighted by Crippen LogP contribution is 2.34. The molecule has 3 rings (SSSR count). The largest absolute Gasteiger partial charge is 0.465 e. The summed E-state index contributed by atoms with van der Waals surface area (Å²) in [4.78, 5) is 19.2. The number of hydrogen-bond acceptors (Lipinski definition) is 3. The number of rotatable bonds is 2. The summed E-state index contributed by atoms with van der Waals surface area (Å²) in [7, 11) is 0. The Balaban J connectivity index is 1.79. The van der Waals surface area contributed by atoms with Crippen LogP contribution in [0.1, 0.15) is 12.0 Å². The van der Waals surface area contributed by atoms with Gasteiger partial charge in [0.25, 0.3) is 0 Å². The average molecular weight is 259 g/mol. The molecular formula is C14H17N3O2. The van der Waals surface area contributed by atoms with E-state index in [9.17, 15) is 9.90 Å². The number of fused-ring (bicyclic) bond motifs is 1. The summed E-state index contributed by atoms with van der Waals surface area (Å²) >= 11 is 0. The number of carboxylic acid groups (broad SMARTS) is 1. The molecule has 2 fully saturated rings. The highest BCUT2D eigenvalue weighted by Gasteiger charge is 2.43. The molecule has 1 amide bonds. The number of anilines is 1. The van der Waals surface area contributed by atoms with E-state index in [0.29, 0.717) is 12.5 Å². The second kappa shape index (κ2) is 4.57. The highest BCUT2D eigenvalue weighted by atomic mass is 16.4. The van der Waals surface area contributed by atoms with Crippen LogP contribution in [-0.2, 0) is 0 Å². The molecule has 0 aromatic carbocycles. The Hall–Kier alpha value is -2.04. The lowest BCUT2D eigenvalue weighted by Crippen LogP contribution is -2.38. The summed E-state index contributed by atoms with van der Waals surface area (Å²) in [5, 5.41) is 9.18. The number of amides is 1. The molecule has 1 aromatic heterocycles. The number of pyridine rings is 1. The van der Waals surface area contributed by atoms with Gasteiger partial charge in [0.15, 0.2) is 0 Å². The Morgan fingerprint density at radius 3 is 3.05 bits per heavy atom. The predicted octanol–water partition coefficient (Wildman–Crippen LogP) is 1.91. The van der Waals surface area contributed by atoms with E-state index in [4.69, 9.17) is 0 Å². The van der Waals surface area contributed by atoms with E-state index in [1.807, 2.05) is 12.3 Å². The molecule has 0 bridgehead atoms. The van der Waals surface area contributed by atoms with Crippen molar-refractivity contribution >= 4 is 17.9 Å². The van der Waals surface area contributed by atoms with Gasteiger partial charge in [-0.25, -0.2) is 4.79 Å². The third-order valence-corrected chi connectivity index (χ3v) is 4.14. The normalized spacial score (nSPS) is 25.5. The van der Waals surface area contributed by atoms with Crippen molar-refractivity contribution in [3.05, 3.63) is 30.6 Å². The third-order valence-electron chi connectivity index (χ3n) is 4.14. The molecule has 3 heterocycles. The summed E-state index contributed by atoms with van der Waals surface area (Å²) in [6.07, 6.45) is 5.54. The second-order valence-electron chi connectivity index (χ2n) is 5.18. The van der Waals surface area contributed by atoms with Crippen molar-refractivity contribution in [2.24, 2.45) is 5.92 Å². The van der Waals surface area contributed by atoms with Gasteiger partial charge in [-0.05, 0) is 18.1 Å². The maximum absolute atomic E-state index is 11.2. The number of hydrogen-bond donors (Lipinski definition) is 1. The van der Waals surface area contributed by atoms with Gasteiger partial charge in [0, 0.05) is 31.7 Å². The topological polar surface area (TPSA) is 56.7 Å². The Labute approximate surface area is 112 Å². The van der Waals surface area contributed by atoms with E-state index in [1.54, 1.807) is 17.2 Å². The number of nitrogens with zero attached hydrogens (tertiary/aromatic N) is 3. The fourth-order valence-electron chi connectivity index (χ4n) is 3.14. The molecule has 0 unspecified atom stereocenters. The molecule has 2 aliphatic rings. The van der Waals surface area contributed by atoms with Crippen LogP contribution < -0.4 is 4.90 Å². The van der Waals surface area contributed by atoms with Crippen LogP contribution in [0.4, 0.5) is 10.5 Å². The van der Waals surface area contributed by atoms with E-state index in [2.05, 4.69) is 16.5 Å². The lowest BCUT2D eigenvalue weighted by molar-refractivity contribution is 0.140. The van der Waals surface area contributed by atoms with Crippen LogP contribution in [0.2, 0.25) is 0 Å². The van der Waals surface area contributed by atoms with Gasteiger partial charge in [0.2, 0.25) is 0 Å². The predicted molar refractivity (Wildman–Crippen MR) is 73.2 cm³/mol. The number of aromatic nitrogens is 1. The van der Waals surface area contributed by atoms with Gasteiger partial charge in [-0.15, -0.1) is 0 Å². The maximum atomic E-state index is 11.2. The third kappa shape index (κ3) is 2.05. The van der Waals surface area contributed by atoms with Crippen molar-refractivity contribution in [1.29, 1.82) is 0 Å². The summed E-state index contributed by atoms with van der Waals surface area (Å²) < 4.78 is 0. The molecule has 0 aliphatic carbocycles. The molecule has 100 valence electrons. The molecule has 1 aromatic rings. The molecule has 2 saturated heterocycles. The standard InChI is InChI=1S/C14H17N3O2/c1-2-10-5-12(7-15-6-10)16-8-11-3-4-17(14(18)19)13(11)9-16/h2,5-7,11,13H,1,3-4,8-9H2,(H,18,19)/t11-,13+/m1/s1. The Bertz CT molecular complexity index is 517. The number of likely N-dealkylation sites (tertiary alicyclic amines) is 1. The van der Waals surface area contributed by atoms with Crippen molar-refractivity contribution in [3.63, 3.8) is 0 Å². The van der Waals surface area contributed by atoms with Crippen molar-refractivity contribution < 1.29 is 9.90 Å². The zero-order chi connectivity index (χ0) is 13.4. The molecule has 2 atom stereocenters. The van der Waals surface area contributed by atoms with Crippen molar-refractivity contribution in [2.45, 2.75) is 12.5 Å². The van der Waals surface area contributed by atoms with E-state index in [0.717, 1.165) is 30.8 Å². The quantitative estimate of drug-likeness (QED) is 0.881. The minimum absolute atomic E-state index is 0.130. The summed E-state index contributed by atoms with van der Waals surface area (Å²) in [5.41, 5.74) is 2.04. The molecule has 0 saturated carbocycles. The van der Waals surface area contributed by atoms with Gasteiger partial charge in [-0.1, -0.05) is 12.7 Å². The van der Waals surface area contributed by atoms with Gasteiger partial charge in [0.1, 0.15) is 0 Å². The minimum Gasteiger partial charge on any atom is -0.465 e. The van der Waals surface area contributed by atoms with Crippen LogP contribution in [0.5, 0.6) is 0 Å². The first kappa shape index (κ1) is 12.0. The van der Waals surface area contributed by atoms with Crippen molar-refractivity contribution in [2.75, 3.05) is 24.5 Å². The molecule has 5 heteroatoms. The van der Waals surface area contributed by atoms with Gasteiger partial charge < -0.3 is 14.9 Å². The van der Waals surface area contributed by atoms with Crippen LogP contribution in [0.3, 0.4) is 0 Å². The Morgan fingerprint density at radius 1 is 1.47 bits per heavy atom. The average Bonchev–Trinajstić information content (AvgIpc) is 2.98. The van der Waals surface area contributed by atoms with Crippen LogP contribution in [0.15, 0.2) is 25.0 Å².